The van der Waals surface area contributed by atoms with Gasteiger partial charge in [-0.2, -0.15) is 13.2 Å². The van der Waals surface area contributed by atoms with Crippen molar-refractivity contribution >= 4 is 5.91 Å². The fourth-order valence-electron chi connectivity index (χ4n) is 6.22. The van der Waals surface area contributed by atoms with Crippen LogP contribution < -0.4 is 5.32 Å². The first kappa shape index (κ1) is 24.0. The Balaban J connectivity index is 1.29. The van der Waals surface area contributed by atoms with Gasteiger partial charge in [0.15, 0.2) is 6.23 Å². The second-order valence-corrected chi connectivity index (χ2v) is 10.5. The molecule has 3 heterocycles. The van der Waals surface area contributed by atoms with Crippen LogP contribution in [0.4, 0.5) is 17.6 Å². The number of nitrogens with one attached hydrogen (secondary N) is 1. The molecule has 0 bridgehead atoms. The molecule has 1 N–H and O–H groups in total. The number of fused-ring (bicyclic) bond motifs is 1. The number of alkyl halides is 4. The van der Waals surface area contributed by atoms with E-state index in [9.17, 15) is 22.4 Å². The molecule has 1 saturated carbocycles. The van der Waals surface area contributed by atoms with E-state index in [0.717, 1.165) is 31.4 Å². The van der Waals surface area contributed by atoms with E-state index in [4.69, 9.17) is 9.47 Å². The van der Waals surface area contributed by atoms with E-state index >= 15 is 0 Å². The van der Waals surface area contributed by atoms with Crippen molar-refractivity contribution in [1.29, 1.82) is 0 Å². The lowest BCUT2D eigenvalue weighted by Gasteiger charge is -2.35. The highest BCUT2D eigenvalue weighted by molar-refractivity contribution is 5.97. The fraction of sp³-hybridized carbons (Fsp3) is 0.720. The molecule has 6 atom stereocenters. The summed E-state index contributed by atoms with van der Waals surface area (Å²) in [5.74, 6) is -0.108. The largest absolute Gasteiger partial charge is 0.416 e. The summed E-state index contributed by atoms with van der Waals surface area (Å²) in [6.07, 6.45) is -2.30. The normalized spacial score (nSPS) is 36.1. The zero-order valence-corrected chi connectivity index (χ0v) is 19.5. The van der Waals surface area contributed by atoms with Crippen LogP contribution in [0.15, 0.2) is 18.2 Å². The number of amides is 1. The van der Waals surface area contributed by atoms with E-state index < -0.39 is 30.0 Å². The lowest BCUT2D eigenvalue weighted by atomic mass is 9.72. The predicted molar refractivity (Wildman–Crippen MR) is 117 cm³/mol. The van der Waals surface area contributed by atoms with Gasteiger partial charge in [0.05, 0.1) is 12.2 Å². The van der Waals surface area contributed by atoms with Gasteiger partial charge >= 0.3 is 6.18 Å². The molecule has 34 heavy (non-hydrogen) atoms. The smallest absolute Gasteiger partial charge is 0.378 e. The quantitative estimate of drug-likeness (QED) is 0.499. The Morgan fingerprint density at radius 1 is 1.24 bits per heavy atom. The zero-order valence-electron chi connectivity index (χ0n) is 19.5. The van der Waals surface area contributed by atoms with E-state index in [2.05, 4.69) is 19.2 Å². The van der Waals surface area contributed by atoms with Gasteiger partial charge in [-0.3, -0.25) is 4.79 Å². The number of halogens is 4. The van der Waals surface area contributed by atoms with Gasteiger partial charge in [0.2, 0.25) is 0 Å². The summed E-state index contributed by atoms with van der Waals surface area (Å²) in [5.41, 5.74) is -0.202. The van der Waals surface area contributed by atoms with Gasteiger partial charge < -0.3 is 19.7 Å². The standard InChI is InChI=1S/C25H32F4N2O3/c1-14(2)24(8-5-17(12-24)30-20-7-10-33-13-19(20)26)21-23(34-21)31-9-6-15-3-4-16(25(27,28)29)11-18(15)22(31)32/h3-4,11,14,17,19-21,23,30H,5-10,12-13H2,1-2H3/t17-,19?,20?,21+,23?,24+/m1/s1. The van der Waals surface area contributed by atoms with Crippen LogP contribution in [0, 0.1) is 11.3 Å². The number of epoxide rings is 1. The van der Waals surface area contributed by atoms with Crippen molar-refractivity contribution in [3.8, 4) is 0 Å². The zero-order chi connectivity index (χ0) is 24.3. The minimum atomic E-state index is -4.49. The molecule has 1 aromatic rings. The molecule has 9 heteroatoms. The van der Waals surface area contributed by atoms with Crippen LogP contribution in [0.25, 0.3) is 0 Å². The van der Waals surface area contributed by atoms with Crippen LogP contribution in [-0.4, -0.2) is 61.2 Å². The number of rotatable bonds is 5. The Morgan fingerprint density at radius 3 is 2.74 bits per heavy atom. The Bertz CT molecular complexity index is 939. The predicted octanol–water partition coefficient (Wildman–Crippen LogP) is 4.34. The Morgan fingerprint density at radius 2 is 2.03 bits per heavy atom. The molecule has 3 fully saturated rings. The van der Waals surface area contributed by atoms with E-state index in [1.54, 1.807) is 4.90 Å². The summed E-state index contributed by atoms with van der Waals surface area (Å²) < 4.78 is 65.2. The van der Waals surface area contributed by atoms with E-state index in [-0.39, 0.29) is 41.7 Å². The minimum absolute atomic E-state index is 0.119. The first-order valence-electron chi connectivity index (χ1n) is 12.2. The fourth-order valence-corrected chi connectivity index (χ4v) is 6.22. The van der Waals surface area contributed by atoms with Crippen molar-refractivity contribution in [2.45, 2.75) is 82.7 Å². The Kier molecular flexibility index (Phi) is 6.18. The maximum absolute atomic E-state index is 14.3. The van der Waals surface area contributed by atoms with E-state index in [1.165, 1.54) is 6.07 Å². The van der Waals surface area contributed by atoms with Gasteiger partial charge in [-0.25, -0.2) is 4.39 Å². The lowest BCUT2D eigenvalue weighted by Crippen LogP contribution is -2.48. The highest BCUT2D eigenvalue weighted by Crippen LogP contribution is 2.55. The van der Waals surface area contributed by atoms with Gasteiger partial charge in [-0.1, -0.05) is 19.9 Å². The lowest BCUT2D eigenvalue weighted by molar-refractivity contribution is -0.137. The molecular weight excluding hydrogens is 452 g/mol. The topological polar surface area (TPSA) is 54.1 Å². The highest BCUT2D eigenvalue weighted by atomic mass is 19.4. The van der Waals surface area contributed by atoms with Gasteiger partial charge in [-0.15, -0.1) is 0 Å². The van der Waals surface area contributed by atoms with Crippen molar-refractivity contribution in [2.24, 2.45) is 11.3 Å². The molecule has 0 aromatic heterocycles. The molecule has 0 spiro atoms. The van der Waals surface area contributed by atoms with Gasteiger partial charge in [0.1, 0.15) is 12.3 Å². The number of carbonyl (C=O) groups excluding carboxylic acids is 1. The van der Waals surface area contributed by atoms with Crippen molar-refractivity contribution in [3.63, 3.8) is 0 Å². The number of carbonyl (C=O) groups is 1. The summed E-state index contributed by atoms with van der Waals surface area (Å²) in [5, 5.41) is 3.50. The molecule has 3 aliphatic heterocycles. The SMILES string of the molecule is CC(C)[C@]1([C@H]2OC2N2CCc3ccc(C(F)(F)F)cc3C2=O)CC[C@@H](NC2CCOCC2F)C1. The molecule has 1 aliphatic carbocycles. The average Bonchev–Trinajstić information content (AvgIpc) is 3.47. The monoisotopic (exact) mass is 484 g/mol. The Hall–Kier alpha value is -1.71. The highest BCUT2D eigenvalue weighted by Gasteiger charge is 2.61. The molecule has 0 radical (unpaired) electrons. The molecule has 188 valence electrons. The molecule has 2 saturated heterocycles. The van der Waals surface area contributed by atoms with E-state index in [1.807, 2.05) is 0 Å². The van der Waals surface area contributed by atoms with Crippen LogP contribution in [0.3, 0.4) is 0 Å². The van der Waals surface area contributed by atoms with Crippen LogP contribution >= 0.6 is 0 Å². The molecule has 5 rings (SSSR count). The summed E-state index contributed by atoms with van der Waals surface area (Å²) >= 11 is 0. The van der Waals surface area contributed by atoms with Crippen molar-refractivity contribution in [3.05, 3.63) is 34.9 Å². The molecule has 4 aliphatic rings. The second-order valence-electron chi connectivity index (χ2n) is 10.5. The molecule has 3 unspecified atom stereocenters. The van der Waals surface area contributed by atoms with Gasteiger partial charge in [0, 0.05) is 36.2 Å². The summed E-state index contributed by atoms with van der Waals surface area (Å²) in [4.78, 5) is 14.8. The number of benzene rings is 1. The maximum Gasteiger partial charge on any atom is 0.416 e. The van der Waals surface area contributed by atoms with Crippen molar-refractivity contribution in [2.75, 3.05) is 19.8 Å². The van der Waals surface area contributed by atoms with Gasteiger partial charge in [-0.05, 0) is 55.7 Å². The van der Waals surface area contributed by atoms with Crippen molar-refractivity contribution < 1.29 is 31.8 Å². The first-order valence-corrected chi connectivity index (χ1v) is 12.2. The number of hydrogen-bond acceptors (Lipinski definition) is 4. The van der Waals surface area contributed by atoms with Crippen LogP contribution in [0.5, 0.6) is 0 Å². The third-order valence-electron chi connectivity index (χ3n) is 8.36. The van der Waals surface area contributed by atoms with E-state index in [0.29, 0.717) is 31.6 Å². The summed E-state index contributed by atoms with van der Waals surface area (Å²) in [6, 6.07) is 3.38. The molecular formula is C25H32F4N2O3. The van der Waals surface area contributed by atoms with Crippen LogP contribution in [0.2, 0.25) is 0 Å². The minimum Gasteiger partial charge on any atom is -0.378 e. The number of ether oxygens (including phenoxy) is 2. The summed E-state index contributed by atoms with van der Waals surface area (Å²) in [7, 11) is 0. The van der Waals surface area contributed by atoms with Crippen molar-refractivity contribution in [1.82, 2.24) is 10.2 Å². The second kappa shape index (κ2) is 8.75. The number of hydrogen-bond donors (Lipinski definition) is 1. The maximum atomic E-state index is 14.3. The van der Waals surface area contributed by atoms with Crippen LogP contribution in [0.1, 0.15) is 61.0 Å². The molecule has 5 nitrogen and oxygen atoms in total. The molecule has 1 amide bonds. The number of nitrogens with zero attached hydrogens (tertiary/aromatic N) is 1. The third-order valence-corrected chi connectivity index (χ3v) is 8.36. The third kappa shape index (κ3) is 4.24. The van der Waals surface area contributed by atoms with Gasteiger partial charge in [0.25, 0.3) is 5.91 Å². The first-order chi connectivity index (χ1) is 16.1. The molecule has 1 aromatic carbocycles. The average molecular weight is 485 g/mol. The Labute approximate surface area is 197 Å². The summed E-state index contributed by atoms with van der Waals surface area (Å²) in [6.45, 7) is 5.41. The van der Waals surface area contributed by atoms with Crippen LogP contribution in [-0.2, 0) is 22.1 Å².